The van der Waals surface area contributed by atoms with Gasteiger partial charge in [0.25, 0.3) is 0 Å². The van der Waals surface area contributed by atoms with Gasteiger partial charge in [-0.05, 0) is 32.1 Å². The number of hydrogen-bond acceptors (Lipinski definition) is 3. The van der Waals surface area contributed by atoms with E-state index in [2.05, 4.69) is 18.7 Å². The molecule has 3 unspecified atom stereocenters. The third-order valence-corrected chi connectivity index (χ3v) is 3.35. The average Bonchev–Trinajstić information content (AvgIpc) is 2.16. The maximum Gasteiger partial charge on any atom is 0.0434 e. The quantitative estimate of drug-likeness (QED) is 0.706. The van der Waals surface area contributed by atoms with Crippen LogP contribution in [0.15, 0.2) is 0 Å². The van der Waals surface area contributed by atoms with Crippen LogP contribution in [0.3, 0.4) is 0 Å². The monoisotopic (exact) mass is 200 g/mol. The van der Waals surface area contributed by atoms with Crippen molar-refractivity contribution in [2.45, 2.75) is 45.2 Å². The molecule has 1 aliphatic heterocycles. The molecule has 0 aromatic carbocycles. The zero-order valence-electron chi connectivity index (χ0n) is 9.45. The van der Waals surface area contributed by atoms with Crippen molar-refractivity contribution in [1.29, 1.82) is 0 Å². The fourth-order valence-corrected chi connectivity index (χ4v) is 2.29. The molecule has 1 rings (SSSR count). The summed E-state index contributed by atoms with van der Waals surface area (Å²) < 4.78 is 0. The summed E-state index contributed by atoms with van der Waals surface area (Å²) in [7, 11) is 0. The summed E-state index contributed by atoms with van der Waals surface area (Å²) in [5.74, 6) is 0.595. The molecule has 0 spiro atoms. The van der Waals surface area contributed by atoms with Crippen LogP contribution in [0.1, 0.15) is 33.1 Å². The van der Waals surface area contributed by atoms with Crippen LogP contribution in [0.5, 0.6) is 0 Å². The number of piperidine rings is 1. The van der Waals surface area contributed by atoms with E-state index in [0.29, 0.717) is 24.6 Å². The fourth-order valence-electron chi connectivity index (χ4n) is 2.29. The van der Waals surface area contributed by atoms with E-state index in [9.17, 15) is 0 Å². The van der Waals surface area contributed by atoms with E-state index in [1.54, 1.807) is 0 Å². The van der Waals surface area contributed by atoms with Gasteiger partial charge >= 0.3 is 0 Å². The summed E-state index contributed by atoms with van der Waals surface area (Å²) in [4.78, 5) is 2.47. The molecule has 0 saturated carbocycles. The Labute approximate surface area is 87.3 Å². The van der Waals surface area contributed by atoms with Gasteiger partial charge in [0.05, 0.1) is 0 Å². The van der Waals surface area contributed by atoms with Crippen molar-refractivity contribution in [3.05, 3.63) is 0 Å². The Morgan fingerprint density at radius 1 is 1.50 bits per heavy atom. The SMILES string of the molecule is CCC(C)N1CC(N)CC(CCO)C1. The Balaban J connectivity index is 2.45. The highest BCUT2D eigenvalue weighted by atomic mass is 16.3. The molecule has 0 amide bonds. The Hall–Kier alpha value is -0.120. The van der Waals surface area contributed by atoms with Gasteiger partial charge in [-0.25, -0.2) is 0 Å². The molecule has 3 atom stereocenters. The van der Waals surface area contributed by atoms with Crippen LogP contribution in [-0.2, 0) is 0 Å². The molecule has 0 aromatic rings. The minimum atomic E-state index is 0.297. The molecule has 3 N–H and O–H groups in total. The summed E-state index contributed by atoms with van der Waals surface area (Å²) in [6.07, 6.45) is 3.16. The van der Waals surface area contributed by atoms with Gasteiger partial charge in [0.2, 0.25) is 0 Å². The Kier molecular flexibility index (Phi) is 4.85. The van der Waals surface area contributed by atoms with Crippen molar-refractivity contribution in [1.82, 2.24) is 4.90 Å². The molecule has 1 fully saturated rings. The molecule has 0 aliphatic carbocycles. The van der Waals surface area contributed by atoms with Crippen molar-refractivity contribution < 1.29 is 5.11 Å². The number of nitrogens with two attached hydrogens (primary N) is 1. The van der Waals surface area contributed by atoms with Gasteiger partial charge in [0, 0.05) is 31.8 Å². The highest BCUT2D eigenvalue weighted by Crippen LogP contribution is 2.21. The summed E-state index contributed by atoms with van der Waals surface area (Å²) >= 11 is 0. The second-order valence-electron chi connectivity index (χ2n) is 4.59. The minimum Gasteiger partial charge on any atom is -0.396 e. The minimum absolute atomic E-state index is 0.297. The van der Waals surface area contributed by atoms with Crippen LogP contribution in [0.25, 0.3) is 0 Å². The Morgan fingerprint density at radius 3 is 2.79 bits per heavy atom. The number of aliphatic hydroxyl groups excluding tert-OH is 1. The van der Waals surface area contributed by atoms with Gasteiger partial charge in [-0.3, -0.25) is 4.90 Å². The molecule has 0 bridgehead atoms. The van der Waals surface area contributed by atoms with Crippen LogP contribution in [0.4, 0.5) is 0 Å². The molecular formula is C11H24N2O. The first-order valence-corrected chi connectivity index (χ1v) is 5.77. The van der Waals surface area contributed by atoms with E-state index in [0.717, 1.165) is 25.9 Å². The Morgan fingerprint density at radius 2 is 2.21 bits per heavy atom. The molecule has 1 saturated heterocycles. The number of rotatable bonds is 4. The molecule has 3 heteroatoms. The van der Waals surface area contributed by atoms with Gasteiger partial charge in [-0.1, -0.05) is 6.92 Å². The van der Waals surface area contributed by atoms with E-state index < -0.39 is 0 Å². The zero-order valence-corrected chi connectivity index (χ0v) is 9.45. The van der Waals surface area contributed by atoms with Gasteiger partial charge < -0.3 is 10.8 Å². The predicted octanol–water partition coefficient (Wildman–Crippen LogP) is 0.817. The normalized spacial score (nSPS) is 31.7. The van der Waals surface area contributed by atoms with Crippen molar-refractivity contribution in [3.63, 3.8) is 0 Å². The molecule has 14 heavy (non-hydrogen) atoms. The van der Waals surface area contributed by atoms with Gasteiger partial charge in [0.15, 0.2) is 0 Å². The van der Waals surface area contributed by atoms with E-state index >= 15 is 0 Å². The summed E-state index contributed by atoms with van der Waals surface area (Å²) in [5.41, 5.74) is 6.02. The predicted molar refractivity (Wildman–Crippen MR) is 59.1 cm³/mol. The highest BCUT2D eigenvalue weighted by molar-refractivity contribution is 4.83. The maximum absolute atomic E-state index is 8.93. The molecule has 0 aromatic heterocycles. The first kappa shape index (κ1) is 12.0. The number of hydrogen-bond donors (Lipinski definition) is 2. The maximum atomic E-state index is 8.93. The highest BCUT2D eigenvalue weighted by Gasteiger charge is 2.26. The first-order valence-electron chi connectivity index (χ1n) is 5.77. The summed E-state index contributed by atoms with van der Waals surface area (Å²) in [6.45, 7) is 6.91. The van der Waals surface area contributed by atoms with E-state index in [1.165, 1.54) is 6.42 Å². The van der Waals surface area contributed by atoms with E-state index in [-0.39, 0.29) is 0 Å². The second kappa shape index (κ2) is 5.69. The lowest BCUT2D eigenvalue weighted by Crippen LogP contribution is -2.50. The zero-order chi connectivity index (χ0) is 10.6. The number of aliphatic hydroxyl groups is 1. The summed E-state index contributed by atoms with van der Waals surface area (Å²) in [6, 6.07) is 0.928. The van der Waals surface area contributed by atoms with E-state index in [4.69, 9.17) is 10.8 Å². The lowest BCUT2D eigenvalue weighted by Gasteiger charge is -2.39. The van der Waals surface area contributed by atoms with Crippen LogP contribution in [-0.4, -0.2) is 41.8 Å². The van der Waals surface area contributed by atoms with Crippen molar-refractivity contribution in [2.24, 2.45) is 11.7 Å². The molecule has 0 radical (unpaired) electrons. The third kappa shape index (κ3) is 3.23. The van der Waals surface area contributed by atoms with Crippen molar-refractivity contribution in [2.75, 3.05) is 19.7 Å². The fraction of sp³-hybridized carbons (Fsp3) is 1.00. The largest absolute Gasteiger partial charge is 0.396 e. The van der Waals surface area contributed by atoms with Crippen LogP contribution in [0.2, 0.25) is 0 Å². The number of likely N-dealkylation sites (tertiary alicyclic amines) is 1. The number of nitrogens with zero attached hydrogens (tertiary/aromatic N) is 1. The second-order valence-corrected chi connectivity index (χ2v) is 4.59. The smallest absolute Gasteiger partial charge is 0.0434 e. The molecule has 1 aliphatic rings. The molecule has 3 nitrogen and oxygen atoms in total. The topological polar surface area (TPSA) is 49.5 Å². The summed E-state index contributed by atoms with van der Waals surface area (Å²) in [5, 5.41) is 8.93. The van der Waals surface area contributed by atoms with Crippen LogP contribution < -0.4 is 5.73 Å². The lowest BCUT2D eigenvalue weighted by molar-refractivity contribution is 0.0996. The first-order chi connectivity index (χ1) is 6.67. The molecule has 1 heterocycles. The van der Waals surface area contributed by atoms with Crippen molar-refractivity contribution >= 4 is 0 Å². The average molecular weight is 200 g/mol. The molecule has 84 valence electrons. The van der Waals surface area contributed by atoms with Gasteiger partial charge in [0.1, 0.15) is 0 Å². The van der Waals surface area contributed by atoms with Crippen molar-refractivity contribution in [3.8, 4) is 0 Å². The Bertz CT molecular complexity index is 163. The van der Waals surface area contributed by atoms with Crippen LogP contribution in [0, 0.1) is 5.92 Å². The standard InChI is InChI=1S/C11H24N2O/c1-3-9(2)13-7-10(4-5-14)6-11(12)8-13/h9-11,14H,3-8,12H2,1-2H3. The van der Waals surface area contributed by atoms with Crippen LogP contribution >= 0.6 is 0 Å². The van der Waals surface area contributed by atoms with Gasteiger partial charge in [-0.2, -0.15) is 0 Å². The van der Waals surface area contributed by atoms with Gasteiger partial charge in [-0.15, -0.1) is 0 Å². The third-order valence-electron chi connectivity index (χ3n) is 3.35. The lowest BCUT2D eigenvalue weighted by atomic mass is 9.91. The van der Waals surface area contributed by atoms with E-state index in [1.807, 2.05) is 0 Å². The molecular weight excluding hydrogens is 176 g/mol.